The summed E-state index contributed by atoms with van der Waals surface area (Å²) < 4.78 is 5.27. The van der Waals surface area contributed by atoms with Gasteiger partial charge in [0.2, 0.25) is 0 Å². The first-order valence-electron chi connectivity index (χ1n) is 8.88. The van der Waals surface area contributed by atoms with Gasteiger partial charge in [0.25, 0.3) is 11.8 Å². The zero-order chi connectivity index (χ0) is 19.7. The number of nitrogens with one attached hydrogen (secondary N) is 1. The Morgan fingerprint density at radius 3 is 2.54 bits per heavy atom. The first-order chi connectivity index (χ1) is 13.5. The van der Waals surface area contributed by atoms with Crippen LogP contribution in [-0.4, -0.2) is 16.0 Å². The minimum Gasteiger partial charge on any atom is -0.334 e. The smallest absolute Gasteiger partial charge is 0.265 e. The summed E-state index contributed by atoms with van der Waals surface area (Å²) in [7, 11) is 0. The van der Waals surface area contributed by atoms with Gasteiger partial charge < -0.3 is 9.84 Å². The molecule has 0 fully saturated rings. The molecule has 4 aromatic rings. The van der Waals surface area contributed by atoms with Crippen LogP contribution in [0.5, 0.6) is 0 Å². The Morgan fingerprint density at radius 2 is 1.86 bits per heavy atom. The van der Waals surface area contributed by atoms with E-state index < -0.39 is 0 Å². The molecule has 0 aliphatic heterocycles. The van der Waals surface area contributed by atoms with Gasteiger partial charge in [0.05, 0.1) is 4.88 Å². The van der Waals surface area contributed by atoms with E-state index in [-0.39, 0.29) is 5.91 Å². The summed E-state index contributed by atoms with van der Waals surface area (Å²) in [6.07, 6.45) is 0. The van der Waals surface area contributed by atoms with Crippen molar-refractivity contribution < 1.29 is 9.32 Å². The number of nitrogens with zero attached hydrogens (tertiary/aromatic N) is 2. The van der Waals surface area contributed by atoms with Gasteiger partial charge in [-0.2, -0.15) is 4.98 Å². The van der Waals surface area contributed by atoms with Crippen LogP contribution >= 0.6 is 11.3 Å². The molecule has 2 aromatic carbocycles. The topological polar surface area (TPSA) is 68.0 Å². The molecule has 0 spiro atoms. The number of hydrogen-bond donors (Lipinski definition) is 1. The second-order valence-electron chi connectivity index (χ2n) is 6.64. The number of aryl methyl sites for hydroxylation is 3. The Morgan fingerprint density at radius 1 is 1.00 bits per heavy atom. The maximum absolute atomic E-state index is 12.4. The largest absolute Gasteiger partial charge is 0.334 e. The third kappa shape index (κ3) is 3.59. The number of thiophene rings is 1. The molecule has 0 radical (unpaired) electrons. The van der Waals surface area contributed by atoms with Crippen molar-refractivity contribution in [1.29, 1.82) is 0 Å². The number of carbonyl (C=O) groups is 1. The van der Waals surface area contributed by atoms with Crippen molar-refractivity contribution in [2.45, 2.75) is 20.8 Å². The van der Waals surface area contributed by atoms with Gasteiger partial charge in [0, 0.05) is 11.3 Å². The molecule has 4 rings (SSSR count). The van der Waals surface area contributed by atoms with Gasteiger partial charge >= 0.3 is 0 Å². The minimum atomic E-state index is -0.0939. The van der Waals surface area contributed by atoms with Crippen molar-refractivity contribution in [3.8, 4) is 22.6 Å². The molecule has 5 nitrogen and oxygen atoms in total. The Kier molecular flexibility index (Phi) is 4.79. The summed E-state index contributed by atoms with van der Waals surface area (Å²) >= 11 is 1.43. The van der Waals surface area contributed by atoms with Crippen molar-refractivity contribution >= 4 is 22.9 Å². The highest BCUT2D eigenvalue weighted by molar-refractivity contribution is 7.12. The van der Waals surface area contributed by atoms with Crippen molar-refractivity contribution in [1.82, 2.24) is 10.1 Å². The summed E-state index contributed by atoms with van der Waals surface area (Å²) in [5.74, 6) is 1.03. The zero-order valence-electron chi connectivity index (χ0n) is 15.8. The zero-order valence-corrected chi connectivity index (χ0v) is 16.6. The average Bonchev–Trinajstić information content (AvgIpc) is 3.35. The lowest BCUT2D eigenvalue weighted by molar-refractivity contribution is 0.103. The molecule has 0 aliphatic rings. The molecule has 0 bridgehead atoms. The predicted octanol–water partition coefficient (Wildman–Crippen LogP) is 5.64. The number of carbonyl (C=O) groups excluding carboxylic acids is 1. The summed E-state index contributed by atoms with van der Waals surface area (Å²) in [4.78, 5) is 17.3. The van der Waals surface area contributed by atoms with Crippen LogP contribution in [0.15, 0.2) is 58.4 Å². The molecule has 28 heavy (non-hydrogen) atoms. The standard InChI is InChI=1S/C22H19N3O2S/c1-13-6-8-17(24-21(26)20-5-4-10-28-20)12-19(13)18-9-7-16(11-14(18)2)22-23-15(3)25-27-22/h4-12H,1-3H3,(H,24,26). The van der Waals surface area contributed by atoms with Gasteiger partial charge in [0.15, 0.2) is 5.82 Å². The average molecular weight is 389 g/mol. The normalized spacial score (nSPS) is 10.8. The second-order valence-corrected chi connectivity index (χ2v) is 7.59. The number of aromatic nitrogens is 2. The van der Waals surface area contributed by atoms with Gasteiger partial charge in [-0.15, -0.1) is 11.3 Å². The maximum atomic E-state index is 12.4. The highest BCUT2D eigenvalue weighted by Crippen LogP contribution is 2.32. The number of hydrogen-bond acceptors (Lipinski definition) is 5. The fourth-order valence-corrected chi connectivity index (χ4v) is 3.72. The molecule has 2 aromatic heterocycles. The van der Waals surface area contributed by atoms with E-state index in [1.54, 1.807) is 6.92 Å². The summed E-state index contributed by atoms with van der Waals surface area (Å²) in [6, 6.07) is 15.7. The van der Waals surface area contributed by atoms with Crippen LogP contribution in [0.25, 0.3) is 22.6 Å². The van der Waals surface area contributed by atoms with Crippen molar-refractivity contribution in [2.75, 3.05) is 5.32 Å². The number of rotatable bonds is 4. The van der Waals surface area contributed by atoms with Crippen LogP contribution in [0.3, 0.4) is 0 Å². The molecule has 0 saturated carbocycles. The molecule has 6 heteroatoms. The molecular weight excluding hydrogens is 370 g/mol. The molecule has 0 atom stereocenters. The molecule has 0 saturated heterocycles. The fourth-order valence-electron chi connectivity index (χ4n) is 3.10. The van der Waals surface area contributed by atoms with E-state index in [4.69, 9.17) is 4.52 Å². The number of benzene rings is 2. The van der Waals surface area contributed by atoms with E-state index in [1.807, 2.05) is 47.8 Å². The number of anilines is 1. The Bertz CT molecular complexity index is 1150. The van der Waals surface area contributed by atoms with E-state index in [0.717, 1.165) is 33.5 Å². The summed E-state index contributed by atoms with van der Waals surface area (Å²) in [5, 5.41) is 8.73. The van der Waals surface area contributed by atoms with Crippen LogP contribution < -0.4 is 5.32 Å². The van der Waals surface area contributed by atoms with Crippen molar-refractivity contribution in [3.63, 3.8) is 0 Å². The Hall–Kier alpha value is -3.25. The molecule has 0 aliphatic carbocycles. The molecule has 0 unspecified atom stereocenters. The maximum Gasteiger partial charge on any atom is 0.265 e. The van der Waals surface area contributed by atoms with E-state index in [9.17, 15) is 4.79 Å². The van der Waals surface area contributed by atoms with Gasteiger partial charge in [-0.25, -0.2) is 0 Å². The Labute approximate surface area is 167 Å². The van der Waals surface area contributed by atoms with Gasteiger partial charge in [-0.1, -0.05) is 23.4 Å². The van der Waals surface area contributed by atoms with E-state index in [1.165, 1.54) is 11.3 Å². The lowest BCUT2D eigenvalue weighted by Gasteiger charge is -2.13. The molecule has 140 valence electrons. The van der Waals surface area contributed by atoms with Gasteiger partial charge in [-0.05, 0) is 78.7 Å². The molecule has 1 amide bonds. The van der Waals surface area contributed by atoms with Crippen LogP contribution in [0.1, 0.15) is 26.6 Å². The van der Waals surface area contributed by atoms with Crippen molar-refractivity contribution in [3.05, 3.63) is 75.7 Å². The highest BCUT2D eigenvalue weighted by atomic mass is 32.1. The monoisotopic (exact) mass is 389 g/mol. The van der Waals surface area contributed by atoms with E-state index in [2.05, 4.69) is 35.4 Å². The predicted molar refractivity (Wildman–Crippen MR) is 112 cm³/mol. The summed E-state index contributed by atoms with van der Waals surface area (Å²) in [6.45, 7) is 5.92. The molecule has 1 N–H and O–H groups in total. The highest BCUT2D eigenvalue weighted by Gasteiger charge is 2.13. The Balaban J connectivity index is 1.66. The van der Waals surface area contributed by atoms with Gasteiger partial charge in [0.1, 0.15) is 0 Å². The van der Waals surface area contributed by atoms with E-state index in [0.29, 0.717) is 16.6 Å². The number of amides is 1. The first-order valence-corrected chi connectivity index (χ1v) is 9.76. The summed E-state index contributed by atoms with van der Waals surface area (Å²) in [5.41, 5.74) is 6.08. The van der Waals surface area contributed by atoms with Crippen LogP contribution in [0, 0.1) is 20.8 Å². The van der Waals surface area contributed by atoms with E-state index >= 15 is 0 Å². The lowest BCUT2D eigenvalue weighted by atomic mass is 9.94. The van der Waals surface area contributed by atoms with Crippen molar-refractivity contribution in [2.24, 2.45) is 0 Å². The molecule has 2 heterocycles. The second kappa shape index (κ2) is 7.40. The third-order valence-corrected chi connectivity index (χ3v) is 5.40. The van der Waals surface area contributed by atoms with Crippen LogP contribution in [0.2, 0.25) is 0 Å². The minimum absolute atomic E-state index is 0.0939. The lowest BCUT2D eigenvalue weighted by Crippen LogP contribution is -2.10. The third-order valence-electron chi connectivity index (χ3n) is 4.53. The first kappa shape index (κ1) is 18.1. The van der Waals surface area contributed by atoms with Crippen LogP contribution in [0.4, 0.5) is 5.69 Å². The fraction of sp³-hybridized carbons (Fsp3) is 0.136. The molecular formula is C22H19N3O2S. The SMILES string of the molecule is Cc1noc(-c2ccc(-c3cc(NC(=O)c4cccs4)ccc3C)c(C)c2)n1. The van der Waals surface area contributed by atoms with Crippen LogP contribution in [-0.2, 0) is 0 Å². The van der Waals surface area contributed by atoms with Gasteiger partial charge in [-0.3, -0.25) is 4.79 Å². The quantitative estimate of drug-likeness (QED) is 0.490.